The Morgan fingerprint density at radius 3 is 2.61 bits per heavy atom. The van der Waals surface area contributed by atoms with Crippen molar-refractivity contribution in [3.05, 3.63) is 88.5 Å². The first-order valence-electron chi connectivity index (χ1n) is 8.18. The van der Waals surface area contributed by atoms with E-state index in [1.54, 1.807) is 34.9 Å². The van der Waals surface area contributed by atoms with Crippen LogP contribution >= 0.6 is 11.6 Å². The van der Waals surface area contributed by atoms with Crippen LogP contribution in [0.4, 0.5) is 4.39 Å². The number of ketones is 1. The van der Waals surface area contributed by atoms with Gasteiger partial charge in [0.2, 0.25) is 0 Å². The molecule has 0 saturated heterocycles. The van der Waals surface area contributed by atoms with Crippen LogP contribution < -0.4 is 0 Å². The highest BCUT2D eigenvalue weighted by Crippen LogP contribution is 2.26. The van der Waals surface area contributed by atoms with Crippen molar-refractivity contribution in [1.82, 2.24) is 9.38 Å². The van der Waals surface area contributed by atoms with E-state index in [2.05, 4.69) is 4.98 Å². The standard InChI is InChI=1S/C21H11ClFN3O2/c22-15-3-1-12(2-4-15)18-11-26-10-14(7-13(9-24)21(26)25-18)20(28)17-8-16(23)5-6-19(17)27/h1-8,10-11,27H. The lowest BCUT2D eigenvalue weighted by molar-refractivity contribution is 0.103. The first-order chi connectivity index (χ1) is 13.5. The minimum absolute atomic E-state index is 0.130. The number of phenolic OH excluding ortho intramolecular Hbond substituents is 1. The van der Waals surface area contributed by atoms with Gasteiger partial charge in [0, 0.05) is 28.5 Å². The molecule has 0 atom stereocenters. The fourth-order valence-corrected chi connectivity index (χ4v) is 3.04. The van der Waals surface area contributed by atoms with Crippen molar-refractivity contribution in [2.75, 3.05) is 0 Å². The predicted molar refractivity (Wildman–Crippen MR) is 102 cm³/mol. The molecule has 0 saturated carbocycles. The highest BCUT2D eigenvalue weighted by atomic mass is 35.5. The lowest BCUT2D eigenvalue weighted by Crippen LogP contribution is -2.05. The molecule has 7 heteroatoms. The summed E-state index contributed by atoms with van der Waals surface area (Å²) >= 11 is 5.91. The molecule has 0 fully saturated rings. The van der Waals surface area contributed by atoms with Crippen LogP contribution in [-0.4, -0.2) is 20.3 Å². The number of pyridine rings is 1. The van der Waals surface area contributed by atoms with E-state index in [4.69, 9.17) is 11.6 Å². The third-order valence-corrected chi connectivity index (χ3v) is 4.53. The van der Waals surface area contributed by atoms with Crippen molar-refractivity contribution in [3.8, 4) is 23.1 Å². The van der Waals surface area contributed by atoms with E-state index in [-0.39, 0.29) is 22.4 Å². The molecule has 0 radical (unpaired) electrons. The number of nitrogens with zero attached hydrogens (tertiary/aromatic N) is 3. The topological polar surface area (TPSA) is 78.4 Å². The Balaban J connectivity index is 1.85. The number of hydrogen-bond donors (Lipinski definition) is 1. The lowest BCUT2D eigenvalue weighted by atomic mass is 10.0. The molecule has 0 aliphatic heterocycles. The zero-order chi connectivity index (χ0) is 19.8. The summed E-state index contributed by atoms with van der Waals surface area (Å²) in [5.41, 5.74) is 1.92. The molecule has 4 rings (SSSR count). The van der Waals surface area contributed by atoms with Gasteiger partial charge in [-0.15, -0.1) is 0 Å². The van der Waals surface area contributed by atoms with Crippen molar-refractivity contribution in [2.24, 2.45) is 0 Å². The monoisotopic (exact) mass is 391 g/mol. The van der Waals surface area contributed by atoms with Gasteiger partial charge in [-0.2, -0.15) is 5.26 Å². The van der Waals surface area contributed by atoms with Crippen LogP contribution in [0.25, 0.3) is 16.9 Å². The SMILES string of the molecule is N#Cc1cc(C(=O)c2cc(F)ccc2O)cn2cc(-c3ccc(Cl)cc3)nc12. The Morgan fingerprint density at radius 1 is 1.14 bits per heavy atom. The summed E-state index contributed by atoms with van der Waals surface area (Å²) in [6, 6.07) is 13.6. The van der Waals surface area contributed by atoms with E-state index in [1.807, 2.05) is 6.07 Å². The quantitative estimate of drug-likeness (QED) is 0.517. The van der Waals surface area contributed by atoms with Crippen LogP contribution in [0.5, 0.6) is 5.75 Å². The fourth-order valence-electron chi connectivity index (χ4n) is 2.91. The Labute approximate surface area is 163 Å². The molecule has 0 amide bonds. The van der Waals surface area contributed by atoms with Gasteiger partial charge in [-0.25, -0.2) is 9.37 Å². The van der Waals surface area contributed by atoms with Gasteiger partial charge < -0.3 is 9.51 Å². The first-order valence-corrected chi connectivity index (χ1v) is 8.56. The van der Waals surface area contributed by atoms with E-state index in [1.165, 1.54) is 12.3 Å². The first kappa shape index (κ1) is 17.7. The second-order valence-corrected chi connectivity index (χ2v) is 6.55. The molecule has 0 unspecified atom stereocenters. The molecule has 4 aromatic rings. The van der Waals surface area contributed by atoms with Crippen molar-refractivity contribution in [1.29, 1.82) is 5.26 Å². The maximum absolute atomic E-state index is 13.5. The molecule has 1 N–H and O–H groups in total. The van der Waals surface area contributed by atoms with Gasteiger partial charge in [0.1, 0.15) is 17.6 Å². The van der Waals surface area contributed by atoms with Crippen molar-refractivity contribution in [3.63, 3.8) is 0 Å². The number of fused-ring (bicyclic) bond motifs is 1. The largest absolute Gasteiger partial charge is 0.507 e. The summed E-state index contributed by atoms with van der Waals surface area (Å²) in [5.74, 6) is -1.58. The van der Waals surface area contributed by atoms with Crippen molar-refractivity contribution in [2.45, 2.75) is 0 Å². The minimum Gasteiger partial charge on any atom is -0.507 e. The van der Waals surface area contributed by atoms with E-state index < -0.39 is 11.6 Å². The van der Waals surface area contributed by atoms with Gasteiger partial charge in [0.05, 0.1) is 16.8 Å². The summed E-state index contributed by atoms with van der Waals surface area (Å²) in [7, 11) is 0. The van der Waals surface area contributed by atoms with Crippen LogP contribution in [0.1, 0.15) is 21.5 Å². The molecule has 5 nitrogen and oxygen atoms in total. The van der Waals surface area contributed by atoms with E-state index >= 15 is 0 Å². The number of halogens is 2. The molecule has 0 aliphatic rings. The van der Waals surface area contributed by atoms with E-state index in [0.29, 0.717) is 16.4 Å². The molecule has 136 valence electrons. The van der Waals surface area contributed by atoms with Gasteiger partial charge in [-0.05, 0) is 36.4 Å². The number of nitriles is 1. The third-order valence-electron chi connectivity index (χ3n) is 4.28. The van der Waals surface area contributed by atoms with Gasteiger partial charge in [0.15, 0.2) is 11.4 Å². The highest BCUT2D eigenvalue weighted by molar-refractivity contribution is 6.30. The molecular formula is C21H11ClFN3O2. The van der Waals surface area contributed by atoms with Gasteiger partial charge in [-0.1, -0.05) is 23.7 Å². The number of imidazole rings is 1. The fraction of sp³-hybridized carbons (Fsp3) is 0. The molecule has 2 heterocycles. The predicted octanol–water partition coefficient (Wildman–Crippen LogP) is 4.60. The Morgan fingerprint density at radius 2 is 1.89 bits per heavy atom. The molecule has 2 aromatic carbocycles. The van der Waals surface area contributed by atoms with Crippen LogP contribution in [0, 0.1) is 17.1 Å². The third kappa shape index (κ3) is 3.08. The number of aromatic hydroxyl groups is 1. The van der Waals surface area contributed by atoms with Gasteiger partial charge in [-0.3, -0.25) is 4.79 Å². The molecule has 28 heavy (non-hydrogen) atoms. The Kier molecular flexibility index (Phi) is 4.30. The molecule has 0 spiro atoms. The maximum Gasteiger partial charge on any atom is 0.198 e. The summed E-state index contributed by atoms with van der Waals surface area (Å²) < 4.78 is 15.1. The second-order valence-electron chi connectivity index (χ2n) is 6.11. The number of aromatic nitrogens is 2. The van der Waals surface area contributed by atoms with Crippen LogP contribution in [0.3, 0.4) is 0 Å². The average molecular weight is 392 g/mol. The summed E-state index contributed by atoms with van der Waals surface area (Å²) in [5, 5.41) is 20.0. The normalized spacial score (nSPS) is 10.8. The zero-order valence-electron chi connectivity index (χ0n) is 14.2. The van der Waals surface area contributed by atoms with E-state index in [0.717, 1.165) is 23.8 Å². The minimum atomic E-state index is -0.643. The smallest absolute Gasteiger partial charge is 0.198 e. The maximum atomic E-state index is 13.5. The van der Waals surface area contributed by atoms with Crippen LogP contribution in [0.2, 0.25) is 5.02 Å². The van der Waals surface area contributed by atoms with E-state index in [9.17, 15) is 19.6 Å². The number of carbonyl (C=O) groups is 1. The van der Waals surface area contributed by atoms with Crippen LogP contribution in [-0.2, 0) is 0 Å². The van der Waals surface area contributed by atoms with Gasteiger partial charge >= 0.3 is 0 Å². The van der Waals surface area contributed by atoms with Gasteiger partial charge in [0.25, 0.3) is 0 Å². The molecule has 2 aromatic heterocycles. The number of hydrogen-bond acceptors (Lipinski definition) is 4. The molecule has 0 aliphatic carbocycles. The number of rotatable bonds is 3. The average Bonchev–Trinajstić information content (AvgIpc) is 3.13. The molecular weight excluding hydrogens is 381 g/mol. The van der Waals surface area contributed by atoms with Crippen LogP contribution in [0.15, 0.2) is 60.9 Å². The van der Waals surface area contributed by atoms with Crippen molar-refractivity contribution >= 4 is 23.0 Å². The molecule has 0 bridgehead atoms. The summed E-state index contributed by atoms with van der Waals surface area (Å²) in [6.07, 6.45) is 3.18. The zero-order valence-corrected chi connectivity index (χ0v) is 15.0. The Bertz CT molecular complexity index is 1270. The Hall–Kier alpha value is -3.69. The van der Waals surface area contributed by atoms with Crippen molar-refractivity contribution < 1.29 is 14.3 Å². The number of carbonyl (C=O) groups excluding carboxylic acids is 1. The number of phenols is 1. The second kappa shape index (κ2) is 6.80. The number of benzene rings is 2. The lowest BCUT2D eigenvalue weighted by Gasteiger charge is -2.06. The highest BCUT2D eigenvalue weighted by Gasteiger charge is 2.18. The summed E-state index contributed by atoms with van der Waals surface area (Å²) in [6.45, 7) is 0. The summed E-state index contributed by atoms with van der Waals surface area (Å²) in [4.78, 5) is 17.2.